The third-order valence-corrected chi connectivity index (χ3v) is 7.49. The third kappa shape index (κ3) is 6.89. The quantitative estimate of drug-likeness (QED) is 0.175. The maximum absolute atomic E-state index is 12.3. The molecule has 7 atom stereocenters. The summed E-state index contributed by atoms with van der Waals surface area (Å²) in [5, 5.41) is 36.9. The molecule has 0 radical (unpaired) electrons. The van der Waals surface area contributed by atoms with Crippen molar-refractivity contribution in [3.05, 3.63) is 54.6 Å². The molecule has 218 valence electrons. The number of ether oxygens (including phenoxy) is 2. The van der Waals surface area contributed by atoms with Crippen LogP contribution in [0.2, 0.25) is 0 Å². The second kappa shape index (κ2) is 13.2. The van der Waals surface area contributed by atoms with E-state index in [4.69, 9.17) is 15.2 Å². The smallest absolute Gasteiger partial charge is 0.319 e. The number of fused-ring (bicyclic) bond motifs is 1. The van der Waals surface area contributed by atoms with Crippen LogP contribution in [0.25, 0.3) is 0 Å². The average Bonchev–Trinajstić information content (AvgIpc) is 3.50. The molecule has 3 saturated heterocycles. The zero-order valence-corrected chi connectivity index (χ0v) is 22.6. The number of nitrogens with one attached hydrogen (secondary N) is 5. The number of para-hydroxylation sites is 1. The minimum absolute atomic E-state index is 0.0267. The highest BCUT2D eigenvalue weighted by atomic mass is 16.6. The largest absolute Gasteiger partial charge is 0.457 e. The van der Waals surface area contributed by atoms with Crippen LogP contribution in [-0.2, 0) is 4.74 Å². The van der Waals surface area contributed by atoms with Gasteiger partial charge in [0.25, 0.3) is 0 Å². The molecule has 2 aromatic rings. The number of aliphatic hydroxyl groups excluding tert-OH is 2. The first-order chi connectivity index (χ1) is 19.4. The molecule has 13 nitrogen and oxygen atoms in total. The lowest BCUT2D eigenvalue weighted by Crippen LogP contribution is -2.68. The number of carbonyl (C=O) groups excluding carboxylic acids is 1. The molecule has 0 bridgehead atoms. The van der Waals surface area contributed by atoms with E-state index < -0.39 is 24.5 Å². The summed E-state index contributed by atoms with van der Waals surface area (Å²) in [4.78, 5) is 16.3. The van der Waals surface area contributed by atoms with Crippen LogP contribution in [0.5, 0.6) is 11.5 Å². The van der Waals surface area contributed by atoms with E-state index in [-0.39, 0.29) is 24.4 Å². The molecule has 40 heavy (non-hydrogen) atoms. The summed E-state index contributed by atoms with van der Waals surface area (Å²) in [5.41, 5.74) is 6.81. The van der Waals surface area contributed by atoms with E-state index in [1.807, 2.05) is 47.2 Å². The van der Waals surface area contributed by atoms with Crippen molar-refractivity contribution in [3.63, 3.8) is 0 Å². The van der Waals surface area contributed by atoms with Gasteiger partial charge in [0.2, 0.25) is 0 Å². The molecule has 3 fully saturated rings. The fourth-order valence-corrected chi connectivity index (χ4v) is 5.36. The van der Waals surface area contributed by atoms with E-state index in [1.54, 1.807) is 24.3 Å². The number of carbonyl (C=O) groups is 1. The lowest BCUT2D eigenvalue weighted by atomic mass is 10.1. The Morgan fingerprint density at radius 2 is 1.85 bits per heavy atom. The molecule has 13 heteroatoms. The van der Waals surface area contributed by atoms with Crippen LogP contribution < -0.4 is 37.1 Å². The van der Waals surface area contributed by atoms with Crippen molar-refractivity contribution in [2.24, 2.45) is 5.73 Å². The van der Waals surface area contributed by atoms with Crippen molar-refractivity contribution in [1.29, 1.82) is 0 Å². The molecule has 9 N–H and O–H groups in total. The average molecular weight is 557 g/mol. The van der Waals surface area contributed by atoms with Gasteiger partial charge in [-0.1, -0.05) is 18.2 Å². The number of likely N-dealkylation sites (N-methyl/N-ethyl adjacent to an activating group) is 1. The van der Waals surface area contributed by atoms with E-state index in [9.17, 15) is 15.0 Å². The Hall–Kier alpha value is -2.85. The van der Waals surface area contributed by atoms with Crippen LogP contribution in [0.15, 0.2) is 54.6 Å². The Morgan fingerprint density at radius 3 is 2.62 bits per heavy atom. The molecule has 0 spiro atoms. The van der Waals surface area contributed by atoms with Crippen LogP contribution in [0.4, 0.5) is 10.5 Å². The minimum Gasteiger partial charge on any atom is -0.457 e. The van der Waals surface area contributed by atoms with Crippen molar-refractivity contribution in [2.45, 2.75) is 49.3 Å². The number of anilines is 1. The molecule has 0 saturated carbocycles. The number of benzene rings is 2. The maximum atomic E-state index is 12.3. The number of rotatable bonds is 10. The van der Waals surface area contributed by atoms with Gasteiger partial charge < -0.3 is 41.0 Å². The summed E-state index contributed by atoms with van der Waals surface area (Å²) >= 11 is 0. The summed E-state index contributed by atoms with van der Waals surface area (Å²) in [7, 11) is 1.93. The highest BCUT2D eigenvalue weighted by Crippen LogP contribution is 2.29. The van der Waals surface area contributed by atoms with E-state index in [0.717, 1.165) is 5.75 Å². The van der Waals surface area contributed by atoms with Crippen LogP contribution in [-0.4, -0.2) is 109 Å². The lowest BCUT2D eigenvalue weighted by Gasteiger charge is -2.38. The summed E-state index contributed by atoms with van der Waals surface area (Å²) in [6, 6.07) is 16.4. The van der Waals surface area contributed by atoms with Crippen molar-refractivity contribution in [2.75, 3.05) is 45.3 Å². The van der Waals surface area contributed by atoms with Gasteiger partial charge in [-0.15, -0.1) is 0 Å². The number of hydrogen-bond acceptors (Lipinski definition) is 11. The van der Waals surface area contributed by atoms with Gasteiger partial charge in [-0.05, 0) is 56.4 Å². The molecular formula is C27H40N8O5. The summed E-state index contributed by atoms with van der Waals surface area (Å²) < 4.78 is 11.9. The zero-order valence-electron chi connectivity index (χ0n) is 22.6. The van der Waals surface area contributed by atoms with Gasteiger partial charge in [-0.3, -0.25) is 16.0 Å². The number of urea groups is 1. The predicted molar refractivity (Wildman–Crippen MR) is 149 cm³/mol. The summed E-state index contributed by atoms with van der Waals surface area (Å²) in [6.45, 7) is 2.65. The highest BCUT2D eigenvalue weighted by molar-refractivity contribution is 5.89. The third-order valence-electron chi connectivity index (χ3n) is 7.49. The van der Waals surface area contributed by atoms with Crippen LogP contribution in [0.3, 0.4) is 0 Å². The van der Waals surface area contributed by atoms with E-state index in [2.05, 4.69) is 26.6 Å². The monoisotopic (exact) mass is 556 g/mol. The standard InChI is InChI=1S/C27H40N8O5/c1-34(14-20-22(36)23(37)26(40-20)35-16-32-21-24(28)30-15-31-25(21)35)13-5-12-29-27(38)33-17-8-10-19(11-9-17)39-18-6-3-2-4-7-18/h2-4,6-11,20-26,30-32,36-37H,5,12-16,28H2,1H3,(H2,29,33,38)/t20?,21?,22-,23-,24?,25?,26-/m1/s1. The normalized spacial score (nSPS) is 30.3. The molecule has 2 aromatic carbocycles. The molecule has 3 aliphatic heterocycles. The van der Waals surface area contributed by atoms with Gasteiger partial charge in [0.15, 0.2) is 0 Å². The SMILES string of the molecule is CN(CCCNC(=O)Nc1ccc(Oc2ccccc2)cc1)CC1O[C@@H](N2CNC3C(N)NCNC32)[C@H](O)[C@@H]1O. The Labute approximate surface area is 234 Å². The molecular weight excluding hydrogens is 516 g/mol. The van der Waals surface area contributed by atoms with E-state index in [1.165, 1.54) is 0 Å². The molecule has 5 rings (SSSR count). The number of aliphatic hydroxyl groups is 2. The first-order valence-corrected chi connectivity index (χ1v) is 13.7. The van der Waals surface area contributed by atoms with Crippen LogP contribution >= 0.6 is 0 Å². The Kier molecular flexibility index (Phi) is 9.47. The first kappa shape index (κ1) is 28.7. The molecule has 3 heterocycles. The topological polar surface area (TPSA) is 169 Å². The van der Waals surface area contributed by atoms with Gasteiger partial charge in [-0.2, -0.15) is 0 Å². The highest BCUT2D eigenvalue weighted by Gasteiger charge is 2.51. The van der Waals surface area contributed by atoms with Crippen molar-refractivity contribution in [1.82, 2.24) is 31.1 Å². The fraction of sp³-hybridized carbons (Fsp3) is 0.519. The van der Waals surface area contributed by atoms with Gasteiger partial charge >= 0.3 is 6.03 Å². The summed E-state index contributed by atoms with van der Waals surface area (Å²) in [5.74, 6) is 1.43. The van der Waals surface area contributed by atoms with E-state index >= 15 is 0 Å². The number of amides is 2. The summed E-state index contributed by atoms with van der Waals surface area (Å²) in [6.07, 6.45) is -2.82. The van der Waals surface area contributed by atoms with Gasteiger partial charge in [0.05, 0.1) is 25.0 Å². The van der Waals surface area contributed by atoms with Crippen molar-refractivity contribution < 1.29 is 24.5 Å². The second-order valence-electron chi connectivity index (χ2n) is 10.4. The Bertz CT molecular complexity index is 1100. The predicted octanol–water partition coefficient (Wildman–Crippen LogP) is -0.638. The Morgan fingerprint density at radius 1 is 1.10 bits per heavy atom. The van der Waals surface area contributed by atoms with Crippen LogP contribution in [0, 0.1) is 0 Å². The molecule has 0 aliphatic carbocycles. The van der Waals surface area contributed by atoms with Gasteiger partial charge in [0.1, 0.15) is 36.0 Å². The number of nitrogens with zero attached hydrogens (tertiary/aromatic N) is 2. The minimum atomic E-state index is -1.03. The Balaban J connectivity index is 0.999. The molecule has 4 unspecified atom stereocenters. The molecule has 2 amide bonds. The van der Waals surface area contributed by atoms with Crippen molar-refractivity contribution >= 4 is 11.7 Å². The fourth-order valence-electron chi connectivity index (χ4n) is 5.36. The first-order valence-electron chi connectivity index (χ1n) is 13.7. The number of hydrogen-bond donors (Lipinski definition) is 8. The van der Waals surface area contributed by atoms with Gasteiger partial charge in [-0.25, -0.2) is 9.69 Å². The van der Waals surface area contributed by atoms with Gasteiger partial charge in [0, 0.05) is 25.4 Å². The van der Waals surface area contributed by atoms with Crippen molar-refractivity contribution in [3.8, 4) is 11.5 Å². The van der Waals surface area contributed by atoms with Crippen LogP contribution in [0.1, 0.15) is 6.42 Å². The zero-order chi connectivity index (χ0) is 28.1. The second-order valence-corrected chi connectivity index (χ2v) is 10.4. The lowest BCUT2D eigenvalue weighted by molar-refractivity contribution is -0.106. The van der Waals surface area contributed by atoms with E-state index in [0.29, 0.717) is 50.8 Å². The number of nitrogens with two attached hydrogens (primary N) is 1. The molecule has 3 aliphatic rings. The molecule has 0 aromatic heterocycles. The maximum Gasteiger partial charge on any atom is 0.319 e.